The van der Waals surface area contributed by atoms with E-state index in [0.717, 1.165) is 0 Å². The molecule has 0 amide bonds. The van der Waals surface area contributed by atoms with Gasteiger partial charge in [-0.15, -0.1) is 0 Å². The fraction of sp³-hybridized carbons (Fsp3) is 0.667. The summed E-state index contributed by atoms with van der Waals surface area (Å²) < 4.78 is 0. The second kappa shape index (κ2) is 8.14. The van der Waals surface area contributed by atoms with E-state index in [1.54, 1.807) is 0 Å². The van der Waals surface area contributed by atoms with E-state index >= 15 is 0 Å². The number of carboxylic acid groups (broad SMARTS) is 1. The Hall–Kier alpha value is 1.14. The number of rotatable bonds is 1. The van der Waals surface area contributed by atoms with Crippen molar-refractivity contribution in [2.24, 2.45) is 0 Å². The van der Waals surface area contributed by atoms with E-state index in [-0.39, 0.29) is 52.7 Å². The molecule has 0 rings (SSSR count). The van der Waals surface area contributed by atoms with Crippen LogP contribution < -0.4 is 29.6 Å². The number of aliphatic hydroxyl groups is 1. The van der Waals surface area contributed by atoms with E-state index < -0.39 is 12.1 Å². The molecule has 42 valence electrons. The molecule has 2 N–H and O–H groups in total. The third kappa shape index (κ3) is 10.2. The van der Waals surface area contributed by atoms with Gasteiger partial charge in [-0.3, -0.25) is 0 Å². The molecule has 5 heteroatoms. The Labute approximate surface area is 86.1 Å². The molecule has 1 unspecified atom stereocenters. The molecule has 0 heterocycles. The molecule has 0 radical (unpaired) electrons. The second-order valence-corrected chi connectivity index (χ2v) is 1.01. The molecule has 0 saturated carbocycles. The van der Waals surface area contributed by atoms with Gasteiger partial charge in [-0.1, -0.05) is 0 Å². The first-order chi connectivity index (χ1) is 2.64. The van der Waals surface area contributed by atoms with Crippen molar-refractivity contribution < 1.29 is 67.7 Å². The number of hydrogen-bond acceptors (Lipinski definition) is 2. The zero-order valence-corrected chi connectivity index (χ0v) is 8.44. The SMILES string of the molecule is CC(O)C(=O)O.[H-].[Na+].[Ti]. The van der Waals surface area contributed by atoms with Crippen LogP contribution in [0.25, 0.3) is 0 Å². The van der Waals surface area contributed by atoms with Gasteiger partial charge in [0.05, 0.1) is 0 Å². The Morgan fingerprint density at radius 2 is 1.88 bits per heavy atom. The first-order valence-electron chi connectivity index (χ1n) is 1.55. The van der Waals surface area contributed by atoms with Gasteiger partial charge in [0, 0.05) is 21.7 Å². The van der Waals surface area contributed by atoms with Crippen LogP contribution in [0.3, 0.4) is 0 Å². The summed E-state index contributed by atoms with van der Waals surface area (Å²) in [6.45, 7) is 1.20. The van der Waals surface area contributed by atoms with Gasteiger partial charge in [-0.05, 0) is 6.92 Å². The molecule has 0 aliphatic carbocycles. The topological polar surface area (TPSA) is 57.5 Å². The van der Waals surface area contributed by atoms with Gasteiger partial charge in [-0.25, -0.2) is 4.79 Å². The van der Waals surface area contributed by atoms with Crippen molar-refractivity contribution in [2.75, 3.05) is 0 Å². The maximum absolute atomic E-state index is 9.45. The van der Waals surface area contributed by atoms with E-state index in [1.165, 1.54) is 6.92 Å². The number of carboxylic acids is 1. The third-order valence-electron chi connectivity index (χ3n) is 0.357. The molecule has 0 bridgehead atoms. The van der Waals surface area contributed by atoms with Crippen molar-refractivity contribution in [3.05, 3.63) is 0 Å². The molecule has 0 fully saturated rings. The maximum atomic E-state index is 9.45. The Kier molecular flexibility index (Phi) is 16.4. The quantitative estimate of drug-likeness (QED) is 0.394. The zero-order chi connectivity index (χ0) is 5.15. The Balaban J connectivity index is -0.0000000417. The van der Waals surface area contributed by atoms with Crippen LogP contribution in [0.5, 0.6) is 0 Å². The van der Waals surface area contributed by atoms with Gasteiger partial charge in [0.15, 0.2) is 0 Å². The summed E-state index contributed by atoms with van der Waals surface area (Å²) >= 11 is 0. The molecule has 3 nitrogen and oxygen atoms in total. The Morgan fingerprint density at radius 3 is 1.88 bits per heavy atom. The van der Waals surface area contributed by atoms with Crippen LogP contribution in [-0.4, -0.2) is 22.3 Å². The maximum Gasteiger partial charge on any atom is 1.00 e. The monoisotopic (exact) mass is 162 g/mol. The van der Waals surface area contributed by atoms with Crippen LogP contribution in [-0.2, 0) is 26.5 Å². The first kappa shape index (κ1) is 16.1. The van der Waals surface area contributed by atoms with Crippen molar-refractivity contribution in [1.29, 1.82) is 0 Å². The number of aliphatic hydroxyl groups excluding tert-OH is 1. The summed E-state index contributed by atoms with van der Waals surface area (Å²) in [7, 11) is 0. The summed E-state index contributed by atoms with van der Waals surface area (Å²) in [4.78, 5) is 9.45. The van der Waals surface area contributed by atoms with Gasteiger partial charge < -0.3 is 11.6 Å². The van der Waals surface area contributed by atoms with E-state index in [2.05, 4.69) is 0 Å². The van der Waals surface area contributed by atoms with Crippen LogP contribution >= 0.6 is 0 Å². The normalized spacial score (nSPS) is 10.2. The van der Waals surface area contributed by atoms with Gasteiger partial charge in [0.2, 0.25) is 0 Å². The van der Waals surface area contributed by atoms with Crippen molar-refractivity contribution in [3.63, 3.8) is 0 Å². The molecular formula is C3H7NaO3Ti. The minimum atomic E-state index is -1.23. The standard InChI is InChI=1S/C3H6O3.Na.Ti.H/c1-2(4)3(5)6;;;/h2,4H,1H3,(H,5,6);;;/q;+1;;-1. The predicted octanol–water partition coefficient (Wildman–Crippen LogP) is -3.43. The van der Waals surface area contributed by atoms with E-state index in [9.17, 15) is 4.79 Å². The Morgan fingerprint density at radius 1 is 1.75 bits per heavy atom. The molecule has 0 saturated heterocycles. The molecular weight excluding hydrogens is 155 g/mol. The van der Waals surface area contributed by atoms with Crippen LogP contribution in [0.2, 0.25) is 0 Å². The largest absolute Gasteiger partial charge is 1.00 e. The van der Waals surface area contributed by atoms with Crippen LogP contribution in [0.1, 0.15) is 8.35 Å². The average Bonchev–Trinajstić information content (AvgIpc) is 1.36. The first-order valence-corrected chi connectivity index (χ1v) is 1.55. The second-order valence-electron chi connectivity index (χ2n) is 1.01. The molecule has 0 spiro atoms. The third-order valence-corrected chi connectivity index (χ3v) is 0.357. The summed E-state index contributed by atoms with van der Waals surface area (Å²) in [5, 5.41) is 15.8. The summed E-state index contributed by atoms with van der Waals surface area (Å²) in [5.41, 5.74) is 0. The van der Waals surface area contributed by atoms with Crippen molar-refractivity contribution in [1.82, 2.24) is 0 Å². The van der Waals surface area contributed by atoms with Gasteiger partial charge in [0.25, 0.3) is 0 Å². The van der Waals surface area contributed by atoms with Gasteiger partial charge in [-0.2, -0.15) is 0 Å². The van der Waals surface area contributed by atoms with E-state index in [1.807, 2.05) is 0 Å². The van der Waals surface area contributed by atoms with Gasteiger partial charge in [0.1, 0.15) is 6.10 Å². The van der Waals surface area contributed by atoms with Crippen LogP contribution in [0, 0.1) is 0 Å². The summed E-state index contributed by atoms with van der Waals surface area (Å²) in [6.07, 6.45) is -1.23. The molecule has 0 aromatic carbocycles. The minimum Gasteiger partial charge on any atom is -1.00 e. The summed E-state index contributed by atoms with van der Waals surface area (Å²) in [6, 6.07) is 0. The fourth-order valence-electron chi connectivity index (χ4n) is 0. The number of hydrogen-bond donors (Lipinski definition) is 2. The average molecular weight is 162 g/mol. The summed E-state index contributed by atoms with van der Waals surface area (Å²) in [5.74, 6) is -1.19. The number of aliphatic carboxylic acids is 1. The molecule has 0 aromatic rings. The number of carbonyl (C=O) groups is 1. The van der Waals surface area contributed by atoms with Crippen LogP contribution in [0.15, 0.2) is 0 Å². The van der Waals surface area contributed by atoms with E-state index in [0.29, 0.717) is 0 Å². The molecule has 0 aromatic heterocycles. The Bertz CT molecular complexity index is 70.1. The molecule has 0 aliphatic heterocycles. The van der Waals surface area contributed by atoms with Crippen molar-refractivity contribution >= 4 is 5.97 Å². The molecule has 0 aliphatic rings. The zero-order valence-electron chi connectivity index (χ0n) is 5.88. The minimum absolute atomic E-state index is 0. The van der Waals surface area contributed by atoms with Crippen LogP contribution in [0.4, 0.5) is 0 Å². The van der Waals surface area contributed by atoms with Gasteiger partial charge >= 0.3 is 35.5 Å². The van der Waals surface area contributed by atoms with Crippen molar-refractivity contribution in [2.45, 2.75) is 13.0 Å². The van der Waals surface area contributed by atoms with E-state index in [4.69, 9.17) is 10.2 Å². The predicted molar refractivity (Wildman–Crippen MR) is 20.4 cm³/mol. The fourth-order valence-corrected chi connectivity index (χ4v) is 0. The molecule has 8 heavy (non-hydrogen) atoms. The smallest absolute Gasteiger partial charge is 1.00 e. The van der Waals surface area contributed by atoms with Crippen molar-refractivity contribution in [3.8, 4) is 0 Å². The molecule has 1 atom stereocenters.